The largest absolute Gasteiger partial charge is 0.357 e. The highest BCUT2D eigenvalue weighted by Crippen LogP contribution is 2.20. The normalized spacial score (nSPS) is 11.8. The Morgan fingerprint density at radius 3 is 2.40 bits per heavy atom. The van der Waals surface area contributed by atoms with E-state index in [-0.39, 0.29) is 5.56 Å². The summed E-state index contributed by atoms with van der Waals surface area (Å²) in [5.41, 5.74) is 2.63. The van der Waals surface area contributed by atoms with E-state index >= 15 is 0 Å². The number of carbonyl (C=O) groups excluding carboxylic acids is 2. The summed E-state index contributed by atoms with van der Waals surface area (Å²) in [5.74, 6) is -3.21. The van der Waals surface area contributed by atoms with Crippen LogP contribution in [0.3, 0.4) is 0 Å². The van der Waals surface area contributed by atoms with E-state index in [2.05, 4.69) is 15.7 Å². The standard InChI is InChI=1S/C22H22F2N4O2/c1-13-19(14(2)28(27-13)12-15-7-5-4-6-8-15)21(29)26-20(22(30)25-3)16-9-10-17(23)18(24)11-16/h4-11,20H,12H2,1-3H3,(H,25,30)(H,26,29). The molecule has 156 valence electrons. The zero-order valence-electron chi connectivity index (χ0n) is 16.9. The number of hydrogen-bond acceptors (Lipinski definition) is 3. The van der Waals surface area contributed by atoms with E-state index in [1.54, 1.807) is 18.5 Å². The van der Waals surface area contributed by atoms with Crippen molar-refractivity contribution in [1.82, 2.24) is 20.4 Å². The summed E-state index contributed by atoms with van der Waals surface area (Å²) in [6, 6.07) is 11.6. The van der Waals surface area contributed by atoms with Gasteiger partial charge in [0.15, 0.2) is 11.6 Å². The van der Waals surface area contributed by atoms with Crippen molar-refractivity contribution in [3.63, 3.8) is 0 Å². The summed E-state index contributed by atoms with van der Waals surface area (Å²) in [7, 11) is 1.40. The fraction of sp³-hybridized carbons (Fsp3) is 0.227. The van der Waals surface area contributed by atoms with Gasteiger partial charge in [0.1, 0.15) is 6.04 Å². The van der Waals surface area contributed by atoms with Crippen LogP contribution in [0.25, 0.3) is 0 Å². The Bertz CT molecular complexity index is 1080. The first-order valence-electron chi connectivity index (χ1n) is 9.37. The monoisotopic (exact) mass is 412 g/mol. The first kappa shape index (κ1) is 21.2. The SMILES string of the molecule is CNC(=O)C(NC(=O)c1c(C)nn(Cc2ccccc2)c1C)c1ccc(F)c(F)c1. The quantitative estimate of drug-likeness (QED) is 0.654. The predicted molar refractivity (Wildman–Crippen MR) is 108 cm³/mol. The number of rotatable bonds is 6. The second kappa shape index (κ2) is 8.86. The number of benzene rings is 2. The van der Waals surface area contributed by atoms with Crippen LogP contribution in [0.1, 0.15) is 38.9 Å². The van der Waals surface area contributed by atoms with Crippen molar-refractivity contribution in [2.75, 3.05) is 7.05 Å². The van der Waals surface area contributed by atoms with Crippen molar-refractivity contribution >= 4 is 11.8 Å². The van der Waals surface area contributed by atoms with Crippen LogP contribution in [0.15, 0.2) is 48.5 Å². The van der Waals surface area contributed by atoms with Crippen LogP contribution in [0, 0.1) is 25.5 Å². The molecule has 2 N–H and O–H groups in total. The van der Waals surface area contributed by atoms with Crippen LogP contribution in [0.5, 0.6) is 0 Å². The molecular formula is C22H22F2N4O2. The molecule has 0 radical (unpaired) electrons. The molecule has 0 bridgehead atoms. The molecule has 3 rings (SSSR count). The fourth-order valence-corrected chi connectivity index (χ4v) is 3.28. The minimum atomic E-state index is -1.19. The van der Waals surface area contributed by atoms with Gasteiger partial charge < -0.3 is 10.6 Å². The maximum absolute atomic E-state index is 13.7. The van der Waals surface area contributed by atoms with Crippen molar-refractivity contribution in [3.8, 4) is 0 Å². The Kier molecular flexibility index (Phi) is 6.25. The first-order valence-corrected chi connectivity index (χ1v) is 9.37. The number of amides is 2. The highest BCUT2D eigenvalue weighted by atomic mass is 19.2. The van der Waals surface area contributed by atoms with Gasteiger partial charge in [0.25, 0.3) is 5.91 Å². The third kappa shape index (κ3) is 4.37. The molecule has 1 aromatic heterocycles. The highest BCUT2D eigenvalue weighted by Gasteiger charge is 2.26. The van der Waals surface area contributed by atoms with Crippen molar-refractivity contribution in [2.45, 2.75) is 26.4 Å². The van der Waals surface area contributed by atoms with Crippen LogP contribution in [-0.4, -0.2) is 28.6 Å². The lowest BCUT2D eigenvalue weighted by Crippen LogP contribution is -2.39. The summed E-state index contributed by atoms with van der Waals surface area (Å²) in [4.78, 5) is 25.3. The molecule has 0 spiro atoms. The molecule has 6 nitrogen and oxygen atoms in total. The molecule has 1 atom stereocenters. The van der Waals surface area contributed by atoms with Crippen molar-refractivity contribution in [3.05, 3.63) is 88.2 Å². The number of halogens is 2. The number of nitrogens with zero attached hydrogens (tertiary/aromatic N) is 2. The lowest BCUT2D eigenvalue weighted by molar-refractivity contribution is -0.122. The van der Waals surface area contributed by atoms with Gasteiger partial charge in [0.2, 0.25) is 5.91 Å². The Morgan fingerprint density at radius 2 is 1.77 bits per heavy atom. The summed E-state index contributed by atoms with van der Waals surface area (Å²) < 4.78 is 28.7. The summed E-state index contributed by atoms with van der Waals surface area (Å²) >= 11 is 0. The third-order valence-corrected chi connectivity index (χ3v) is 4.84. The van der Waals surface area contributed by atoms with Crippen LogP contribution < -0.4 is 10.6 Å². The Balaban J connectivity index is 1.89. The number of carbonyl (C=O) groups is 2. The molecule has 8 heteroatoms. The Morgan fingerprint density at radius 1 is 1.07 bits per heavy atom. The number of aromatic nitrogens is 2. The molecule has 30 heavy (non-hydrogen) atoms. The van der Waals surface area contributed by atoms with Gasteiger partial charge in [-0.25, -0.2) is 8.78 Å². The molecule has 0 saturated heterocycles. The molecule has 0 fully saturated rings. The first-order chi connectivity index (χ1) is 14.3. The van der Waals surface area contributed by atoms with Crippen molar-refractivity contribution in [1.29, 1.82) is 0 Å². The van der Waals surface area contributed by atoms with Crippen molar-refractivity contribution < 1.29 is 18.4 Å². The van der Waals surface area contributed by atoms with Crippen LogP contribution in [-0.2, 0) is 11.3 Å². The van der Waals surface area contributed by atoms with Crippen LogP contribution in [0.2, 0.25) is 0 Å². The average Bonchev–Trinajstić information content (AvgIpc) is 3.01. The van der Waals surface area contributed by atoms with Gasteiger partial charge in [-0.05, 0) is 37.1 Å². The van der Waals surface area contributed by atoms with E-state index < -0.39 is 29.5 Å². The van der Waals surface area contributed by atoms with Gasteiger partial charge in [-0.1, -0.05) is 36.4 Å². The van der Waals surface area contributed by atoms with E-state index in [1.807, 2.05) is 30.3 Å². The van der Waals surface area contributed by atoms with Gasteiger partial charge in [-0.15, -0.1) is 0 Å². The van der Waals surface area contributed by atoms with E-state index in [1.165, 1.54) is 13.1 Å². The van der Waals surface area contributed by atoms with Gasteiger partial charge in [-0.3, -0.25) is 14.3 Å². The van der Waals surface area contributed by atoms with Crippen LogP contribution >= 0.6 is 0 Å². The summed E-state index contributed by atoms with van der Waals surface area (Å²) in [5, 5.41) is 9.49. The molecule has 3 aromatic rings. The van der Waals surface area contributed by atoms with E-state index in [9.17, 15) is 18.4 Å². The molecule has 2 amide bonds. The molecule has 1 unspecified atom stereocenters. The van der Waals surface area contributed by atoms with Gasteiger partial charge >= 0.3 is 0 Å². The van der Waals surface area contributed by atoms with Crippen LogP contribution in [0.4, 0.5) is 8.78 Å². The molecule has 0 aliphatic heterocycles. The number of nitrogens with one attached hydrogen (secondary N) is 2. The minimum absolute atomic E-state index is 0.133. The van der Waals surface area contributed by atoms with E-state index in [4.69, 9.17) is 0 Å². The number of hydrogen-bond donors (Lipinski definition) is 2. The van der Waals surface area contributed by atoms with Gasteiger partial charge in [0.05, 0.1) is 17.8 Å². The lowest BCUT2D eigenvalue weighted by Gasteiger charge is -2.18. The smallest absolute Gasteiger partial charge is 0.255 e. The van der Waals surface area contributed by atoms with Gasteiger partial charge in [0, 0.05) is 12.7 Å². The molecule has 0 aliphatic rings. The molecular weight excluding hydrogens is 390 g/mol. The highest BCUT2D eigenvalue weighted by molar-refractivity contribution is 5.99. The lowest BCUT2D eigenvalue weighted by atomic mass is 10.0. The number of aryl methyl sites for hydroxylation is 1. The Hall–Kier alpha value is -3.55. The van der Waals surface area contributed by atoms with E-state index in [0.717, 1.165) is 17.7 Å². The predicted octanol–water partition coefficient (Wildman–Crippen LogP) is 3.04. The second-order valence-electron chi connectivity index (χ2n) is 6.88. The summed E-state index contributed by atoms with van der Waals surface area (Å²) in [6.45, 7) is 3.96. The second-order valence-corrected chi connectivity index (χ2v) is 6.88. The fourth-order valence-electron chi connectivity index (χ4n) is 3.28. The molecule has 2 aromatic carbocycles. The average molecular weight is 412 g/mol. The van der Waals surface area contributed by atoms with E-state index in [0.29, 0.717) is 23.5 Å². The Labute approximate surface area is 172 Å². The minimum Gasteiger partial charge on any atom is -0.357 e. The zero-order valence-corrected chi connectivity index (χ0v) is 16.9. The molecule has 0 saturated carbocycles. The van der Waals surface area contributed by atoms with Gasteiger partial charge in [-0.2, -0.15) is 5.10 Å². The zero-order chi connectivity index (χ0) is 21.8. The maximum Gasteiger partial charge on any atom is 0.255 e. The third-order valence-electron chi connectivity index (χ3n) is 4.84. The summed E-state index contributed by atoms with van der Waals surface area (Å²) in [6.07, 6.45) is 0. The molecule has 0 aliphatic carbocycles. The topological polar surface area (TPSA) is 76.0 Å². The molecule has 1 heterocycles. The maximum atomic E-state index is 13.7. The number of likely N-dealkylation sites (N-methyl/N-ethyl adjacent to an activating group) is 1. The van der Waals surface area contributed by atoms with Crippen molar-refractivity contribution in [2.24, 2.45) is 0 Å².